The minimum Gasteiger partial charge on any atom is -0.369 e. The Morgan fingerprint density at radius 3 is 2.40 bits per heavy atom. The second-order valence-corrected chi connectivity index (χ2v) is 7.78. The summed E-state index contributed by atoms with van der Waals surface area (Å²) in [5.41, 5.74) is 3.04. The lowest BCUT2D eigenvalue weighted by molar-refractivity contribution is 0.101. The topological polar surface area (TPSA) is 57.2 Å². The molecule has 0 unspecified atom stereocenters. The van der Waals surface area contributed by atoms with Gasteiger partial charge in [0.1, 0.15) is 5.82 Å². The number of Topliss-reactive ketones (excluding diaryl/α,β-unsaturated/α-hetero) is 1. The monoisotopic (exact) mass is 419 g/mol. The Morgan fingerprint density at radius 2 is 1.73 bits per heavy atom. The van der Waals surface area contributed by atoms with Gasteiger partial charge in [-0.2, -0.15) is 4.98 Å². The third-order valence-corrected chi connectivity index (χ3v) is 5.59. The number of hydrogen-bond acceptors (Lipinski definition) is 5. The Kier molecular flexibility index (Phi) is 6.21. The third kappa shape index (κ3) is 4.93. The summed E-state index contributed by atoms with van der Waals surface area (Å²) in [6, 6.07) is 18.0. The van der Waals surface area contributed by atoms with Crippen molar-refractivity contribution in [2.24, 2.45) is 0 Å². The van der Waals surface area contributed by atoms with Crippen LogP contribution in [0.5, 0.6) is 0 Å². The maximum absolute atomic E-state index is 11.4. The standard InChI is InChI=1S/C23H25N5OS/c1-18(29)20-8-10-21(11-9-20)27-15-13-26(14-16-27)17-28-23(30)24-22(25-28)12-7-19-5-3-2-4-6-19/h2-12H,13-17H2,1H3,(H,24,25,30)/b12-7+. The molecule has 1 N–H and O–H groups in total. The van der Waals surface area contributed by atoms with Crippen molar-refractivity contribution in [1.29, 1.82) is 0 Å². The van der Waals surface area contributed by atoms with E-state index in [1.807, 2.05) is 59.3 Å². The average molecular weight is 420 g/mol. The van der Waals surface area contributed by atoms with Crippen LogP contribution in [0, 0.1) is 4.77 Å². The van der Waals surface area contributed by atoms with Crippen LogP contribution in [0.15, 0.2) is 54.6 Å². The van der Waals surface area contributed by atoms with Gasteiger partial charge in [-0.1, -0.05) is 36.4 Å². The number of aromatic amines is 1. The molecule has 0 bridgehead atoms. The number of carbonyl (C=O) groups excluding carboxylic acids is 1. The number of rotatable bonds is 6. The van der Waals surface area contributed by atoms with E-state index < -0.39 is 0 Å². The summed E-state index contributed by atoms with van der Waals surface area (Å²) < 4.78 is 2.47. The minimum atomic E-state index is 0.0978. The predicted octanol–water partition coefficient (Wildman–Crippen LogP) is 4.09. The lowest BCUT2D eigenvalue weighted by Crippen LogP contribution is -2.47. The van der Waals surface area contributed by atoms with Crippen LogP contribution < -0.4 is 4.90 Å². The highest BCUT2D eigenvalue weighted by atomic mass is 32.1. The summed E-state index contributed by atoms with van der Waals surface area (Å²) in [6.07, 6.45) is 3.97. The summed E-state index contributed by atoms with van der Waals surface area (Å²) in [7, 11) is 0. The highest BCUT2D eigenvalue weighted by molar-refractivity contribution is 7.71. The molecule has 1 aromatic heterocycles. The maximum Gasteiger partial charge on any atom is 0.217 e. The molecule has 7 heteroatoms. The van der Waals surface area contributed by atoms with Crippen LogP contribution in [0.4, 0.5) is 5.69 Å². The van der Waals surface area contributed by atoms with Gasteiger partial charge in [0, 0.05) is 37.4 Å². The Labute approximate surface area is 181 Å². The molecule has 1 fully saturated rings. The smallest absolute Gasteiger partial charge is 0.217 e. The normalized spacial score (nSPS) is 15.0. The van der Waals surface area contributed by atoms with Crippen molar-refractivity contribution in [2.75, 3.05) is 31.1 Å². The Hall–Kier alpha value is -3.03. The fourth-order valence-electron chi connectivity index (χ4n) is 3.54. The van der Waals surface area contributed by atoms with Crippen molar-refractivity contribution >= 4 is 35.8 Å². The van der Waals surface area contributed by atoms with Crippen LogP contribution in [0.25, 0.3) is 12.2 Å². The van der Waals surface area contributed by atoms with E-state index in [2.05, 4.69) is 32.0 Å². The SMILES string of the molecule is CC(=O)c1ccc(N2CCN(Cn3[nH]c(/C=C/c4ccccc4)nc3=S)CC2)cc1. The van der Waals surface area contributed by atoms with Gasteiger partial charge in [0.15, 0.2) is 5.78 Å². The number of piperazine rings is 1. The molecule has 0 aliphatic carbocycles. The van der Waals surface area contributed by atoms with E-state index >= 15 is 0 Å². The second-order valence-electron chi connectivity index (χ2n) is 7.41. The van der Waals surface area contributed by atoms with Crippen molar-refractivity contribution < 1.29 is 4.79 Å². The summed E-state index contributed by atoms with van der Waals surface area (Å²) in [4.78, 5) is 20.6. The molecule has 0 amide bonds. The molecule has 2 heterocycles. The lowest BCUT2D eigenvalue weighted by Gasteiger charge is -2.36. The van der Waals surface area contributed by atoms with Gasteiger partial charge in [-0.25, -0.2) is 4.68 Å². The summed E-state index contributed by atoms with van der Waals surface area (Å²) in [5, 5.41) is 3.29. The van der Waals surface area contributed by atoms with E-state index in [9.17, 15) is 4.79 Å². The van der Waals surface area contributed by atoms with Crippen molar-refractivity contribution in [3.63, 3.8) is 0 Å². The second kappa shape index (κ2) is 9.19. The molecule has 0 spiro atoms. The number of benzene rings is 2. The van der Waals surface area contributed by atoms with Crippen LogP contribution >= 0.6 is 12.2 Å². The van der Waals surface area contributed by atoms with Crippen molar-refractivity contribution in [3.05, 3.63) is 76.3 Å². The van der Waals surface area contributed by atoms with Crippen LogP contribution in [0.1, 0.15) is 28.7 Å². The van der Waals surface area contributed by atoms with Gasteiger partial charge in [0.05, 0.1) is 6.67 Å². The van der Waals surface area contributed by atoms with Gasteiger partial charge >= 0.3 is 0 Å². The number of nitrogens with zero attached hydrogens (tertiary/aromatic N) is 4. The van der Waals surface area contributed by atoms with Gasteiger partial charge in [-0.05, 0) is 55.0 Å². The molecule has 0 saturated carbocycles. The Bertz CT molecular complexity index is 1080. The van der Waals surface area contributed by atoms with E-state index in [1.165, 1.54) is 0 Å². The maximum atomic E-state index is 11.4. The summed E-state index contributed by atoms with van der Waals surface area (Å²) in [6.45, 7) is 6.03. The van der Waals surface area contributed by atoms with Gasteiger partial charge in [0.25, 0.3) is 0 Å². The first kappa shape index (κ1) is 20.3. The van der Waals surface area contributed by atoms with E-state index in [4.69, 9.17) is 12.2 Å². The first-order chi connectivity index (χ1) is 14.6. The van der Waals surface area contributed by atoms with Gasteiger partial charge < -0.3 is 4.90 Å². The largest absolute Gasteiger partial charge is 0.369 e. The number of anilines is 1. The van der Waals surface area contributed by atoms with E-state index in [0.29, 0.717) is 11.4 Å². The zero-order chi connectivity index (χ0) is 20.9. The zero-order valence-electron chi connectivity index (χ0n) is 17.0. The molecule has 1 aliphatic rings. The van der Waals surface area contributed by atoms with Crippen LogP contribution in [-0.4, -0.2) is 51.6 Å². The van der Waals surface area contributed by atoms with E-state index in [1.54, 1.807) is 6.92 Å². The number of nitrogens with one attached hydrogen (secondary N) is 1. The van der Waals surface area contributed by atoms with Crippen LogP contribution in [0.3, 0.4) is 0 Å². The predicted molar refractivity (Wildman–Crippen MR) is 123 cm³/mol. The highest BCUT2D eigenvalue weighted by Crippen LogP contribution is 2.18. The molecule has 6 nitrogen and oxygen atoms in total. The highest BCUT2D eigenvalue weighted by Gasteiger charge is 2.18. The Morgan fingerprint density at radius 1 is 1.03 bits per heavy atom. The zero-order valence-corrected chi connectivity index (χ0v) is 17.8. The van der Waals surface area contributed by atoms with Crippen molar-refractivity contribution in [2.45, 2.75) is 13.6 Å². The molecule has 1 saturated heterocycles. The van der Waals surface area contributed by atoms with Gasteiger partial charge in [0.2, 0.25) is 4.77 Å². The molecule has 3 aromatic rings. The molecule has 154 valence electrons. The van der Waals surface area contributed by atoms with Crippen molar-refractivity contribution in [1.82, 2.24) is 19.7 Å². The quantitative estimate of drug-likeness (QED) is 0.482. The van der Waals surface area contributed by atoms with Crippen molar-refractivity contribution in [3.8, 4) is 0 Å². The van der Waals surface area contributed by atoms with Crippen LogP contribution in [-0.2, 0) is 6.67 Å². The number of ketones is 1. The molecule has 30 heavy (non-hydrogen) atoms. The first-order valence-electron chi connectivity index (χ1n) is 10.1. The van der Waals surface area contributed by atoms with Gasteiger partial charge in [-0.15, -0.1) is 0 Å². The number of aromatic nitrogens is 3. The lowest BCUT2D eigenvalue weighted by atomic mass is 10.1. The fourth-order valence-corrected chi connectivity index (χ4v) is 3.74. The average Bonchev–Trinajstić information content (AvgIpc) is 3.13. The number of carbonyl (C=O) groups is 1. The molecule has 2 aromatic carbocycles. The molecule has 1 aliphatic heterocycles. The van der Waals surface area contributed by atoms with E-state index in [0.717, 1.165) is 48.8 Å². The summed E-state index contributed by atoms with van der Waals surface area (Å²) in [5.74, 6) is 0.855. The molecule has 0 radical (unpaired) electrons. The Balaban J connectivity index is 1.34. The van der Waals surface area contributed by atoms with E-state index in [-0.39, 0.29) is 5.78 Å². The number of hydrogen-bond donors (Lipinski definition) is 1. The van der Waals surface area contributed by atoms with Gasteiger partial charge in [-0.3, -0.25) is 14.8 Å². The third-order valence-electron chi connectivity index (χ3n) is 5.28. The summed E-state index contributed by atoms with van der Waals surface area (Å²) >= 11 is 5.43. The molecule has 0 atom stereocenters. The first-order valence-corrected chi connectivity index (χ1v) is 10.5. The molecule has 4 rings (SSSR count). The van der Waals surface area contributed by atoms with Crippen LogP contribution in [0.2, 0.25) is 0 Å². The number of H-pyrrole nitrogens is 1. The minimum absolute atomic E-state index is 0.0978. The fraction of sp³-hybridized carbons (Fsp3) is 0.261. The molecular weight excluding hydrogens is 394 g/mol. The molecular formula is C23H25N5OS.